The van der Waals surface area contributed by atoms with Gasteiger partial charge >= 0.3 is 5.97 Å². The van der Waals surface area contributed by atoms with E-state index < -0.39 is 56.0 Å². The van der Waals surface area contributed by atoms with Crippen LogP contribution in [-0.2, 0) is 40.5 Å². The first kappa shape index (κ1) is 40.5. The number of Topliss-reactive ketones (excluding diaryl/α,β-unsaturated/α-hetero) is 1. The first-order valence-corrected chi connectivity index (χ1v) is 22.5. The molecule has 3 heterocycles. The van der Waals surface area contributed by atoms with Gasteiger partial charge < -0.3 is 14.4 Å². The van der Waals surface area contributed by atoms with E-state index in [1.54, 1.807) is 10.6 Å². The van der Waals surface area contributed by atoms with Gasteiger partial charge in [-0.05, 0) is 80.1 Å². The lowest BCUT2D eigenvalue weighted by atomic mass is 9.77. The third kappa shape index (κ3) is 8.43. The van der Waals surface area contributed by atoms with Gasteiger partial charge in [0, 0.05) is 30.8 Å². The summed E-state index contributed by atoms with van der Waals surface area (Å²) < 4.78 is 42.4. The number of esters is 1. The zero-order valence-corrected chi connectivity index (χ0v) is 34.2. The van der Waals surface area contributed by atoms with Crippen molar-refractivity contribution in [3.8, 4) is 5.88 Å². The molecule has 2 amide bonds. The van der Waals surface area contributed by atoms with E-state index in [1.165, 1.54) is 4.90 Å². The standard InChI is InChI=1S/C43H59N3O9S/c1-5-29-24-43(29,41(51)44-56(52,53)31-18-19-31)25-35(47)34-22-30-26-46(34)40(50)33(42(2,3)4)23-38(48)55-36-17-12-15-27(36)13-8-6-7-11-20-45-37(54-30)21-28-14-9-10-16-32(28)39(45)49/h9-10,14,16,21,27,29-31,33-34,36H,5-8,11-13,15,17-20,22-26H2,1-4H3,(H,44,51)/t27?,29-,30-,33-,34+,36+,43-/m1/s1. The number of hydrogen-bond donors (Lipinski definition) is 1. The van der Waals surface area contributed by atoms with Gasteiger partial charge in [-0.3, -0.25) is 33.3 Å². The van der Waals surface area contributed by atoms with Crippen LogP contribution in [0.3, 0.4) is 0 Å². The second-order valence-electron chi connectivity index (χ2n) is 18.3. The molecule has 0 radical (unpaired) electrons. The molecule has 1 aromatic carbocycles. The normalized spacial score (nSPS) is 30.6. The first-order valence-electron chi connectivity index (χ1n) is 21.0. The van der Waals surface area contributed by atoms with E-state index in [0.29, 0.717) is 43.5 Å². The van der Waals surface area contributed by atoms with E-state index in [0.717, 1.165) is 56.8 Å². The molecule has 3 saturated carbocycles. The lowest BCUT2D eigenvalue weighted by Crippen LogP contribution is -2.48. The summed E-state index contributed by atoms with van der Waals surface area (Å²) in [7, 11) is -3.83. The fourth-order valence-corrected chi connectivity index (χ4v) is 11.0. The molecule has 1 unspecified atom stereocenters. The van der Waals surface area contributed by atoms with E-state index in [4.69, 9.17) is 9.47 Å². The van der Waals surface area contributed by atoms with Crippen LogP contribution in [0.1, 0.15) is 124 Å². The van der Waals surface area contributed by atoms with Gasteiger partial charge in [0.25, 0.3) is 5.56 Å². The van der Waals surface area contributed by atoms with Gasteiger partial charge in [-0.25, -0.2) is 8.42 Å². The zero-order chi connectivity index (χ0) is 40.0. The summed E-state index contributed by atoms with van der Waals surface area (Å²) in [5.41, 5.74) is -2.01. The lowest BCUT2D eigenvalue weighted by molar-refractivity contribution is -0.158. The van der Waals surface area contributed by atoms with E-state index in [-0.39, 0.29) is 61.0 Å². The SMILES string of the molecule is CC[C@@H]1C[C@]1(CC(=O)[C@@H]1C[C@@H]2CN1C(=O)[C@H](C(C)(C)C)CC(=O)O[C@H]1CCCC1CCCCCCn1c(cc3ccccc3c1=O)O2)C(=O)NS(=O)(=O)C1CC1. The molecule has 4 fully saturated rings. The van der Waals surface area contributed by atoms with Gasteiger partial charge in [-0.1, -0.05) is 71.6 Å². The molecule has 2 aromatic rings. The summed E-state index contributed by atoms with van der Waals surface area (Å²) in [5, 5.41) is 0.725. The fourth-order valence-electron chi connectivity index (χ4n) is 9.66. The summed E-state index contributed by atoms with van der Waals surface area (Å²) in [4.78, 5) is 72.3. The number of amides is 2. The van der Waals surface area contributed by atoms with E-state index in [9.17, 15) is 32.4 Å². The number of pyridine rings is 1. The Morgan fingerprint density at radius 3 is 2.39 bits per heavy atom. The molecule has 1 aromatic heterocycles. The Bertz CT molecular complexity index is 2020. The number of sulfonamides is 1. The van der Waals surface area contributed by atoms with Gasteiger partial charge in [0.15, 0.2) is 11.7 Å². The topological polar surface area (TPSA) is 158 Å². The number of aromatic nitrogens is 1. The first-order chi connectivity index (χ1) is 26.6. The van der Waals surface area contributed by atoms with Gasteiger partial charge in [0.2, 0.25) is 21.8 Å². The number of nitrogens with one attached hydrogen (secondary N) is 1. The second kappa shape index (κ2) is 15.9. The Hall–Kier alpha value is -3.74. The Labute approximate surface area is 330 Å². The molecular formula is C43H59N3O9S. The number of ether oxygens (including phenoxy) is 2. The number of rotatable bonds is 7. The number of ketones is 1. The highest BCUT2D eigenvalue weighted by molar-refractivity contribution is 7.90. The molecule has 56 heavy (non-hydrogen) atoms. The number of fused-ring (bicyclic) bond motifs is 5. The van der Waals surface area contributed by atoms with Crippen LogP contribution in [0, 0.1) is 28.6 Å². The number of benzene rings is 1. The van der Waals surface area contributed by atoms with Crippen molar-refractivity contribution >= 4 is 44.4 Å². The number of hydrogen-bond acceptors (Lipinski definition) is 9. The van der Waals surface area contributed by atoms with Crippen molar-refractivity contribution in [3.05, 3.63) is 40.7 Å². The minimum absolute atomic E-state index is 0.0368. The minimum Gasteiger partial charge on any atom is -0.473 e. The molecule has 306 valence electrons. The smallest absolute Gasteiger partial charge is 0.306 e. The van der Waals surface area contributed by atoms with Crippen LogP contribution < -0.4 is 15.0 Å². The predicted molar refractivity (Wildman–Crippen MR) is 211 cm³/mol. The maximum absolute atomic E-state index is 14.9. The number of nitrogens with zero attached hydrogens (tertiary/aromatic N) is 2. The molecule has 7 atom stereocenters. The van der Waals surface area contributed by atoms with Crippen molar-refractivity contribution in [3.63, 3.8) is 0 Å². The maximum Gasteiger partial charge on any atom is 0.306 e. The molecule has 12 nitrogen and oxygen atoms in total. The third-order valence-electron chi connectivity index (χ3n) is 13.3. The molecule has 3 aliphatic carbocycles. The zero-order valence-electron chi connectivity index (χ0n) is 33.4. The molecule has 2 aliphatic heterocycles. The van der Waals surface area contributed by atoms with Crippen molar-refractivity contribution in [2.45, 2.75) is 154 Å². The van der Waals surface area contributed by atoms with E-state index >= 15 is 0 Å². The van der Waals surface area contributed by atoms with Crippen molar-refractivity contribution in [2.75, 3.05) is 6.54 Å². The number of carbonyl (C=O) groups excluding carboxylic acids is 4. The van der Waals surface area contributed by atoms with Crippen molar-refractivity contribution in [2.24, 2.45) is 28.6 Å². The Balaban J connectivity index is 1.23. The third-order valence-corrected chi connectivity index (χ3v) is 15.2. The molecule has 5 aliphatic rings. The van der Waals surface area contributed by atoms with Crippen LogP contribution in [0.15, 0.2) is 35.1 Å². The molecule has 1 N–H and O–H groups in total. The maximum atomic E-state index is 14.9. The molecule has 0 spiro atoms. The minimum atomic E-state index is -3.83. The van der Waals surface area contributed by atoms with E-state index in [1.807, 2.05) is 52.0 Å². The van der Waals surface area contributed by atoms with Gasteiger partial charge in [-0.15, -0.1) is 0 Å². The van der Waals surface area contributed by atoms with Gasteiger partial charge in [-0.2, -0.15) is 0 Å². The van der Waals surface area contributed by atoms with Crippen molar-refractivity contribution in [1.82, 2.24) is 14.2 Å². The highest BCUT2D eigenvalue weighted by Crippen LogP contribution is 2.58. The average Bonchev–Trinajstić information content (AvgIpc) is 4.04. The monoisotopic (exact) mass is 793 g/mol. The highest BCUT2D eigenvalue weighted by atomic mass is 32.2. The summed E-state index contributed by atoms with van der Waals surface area (Å²) >= 11 is 0. The summed E-state index contributed by atoms with van der Waals surface area (Å²) in [6, 6.07) is 8.24. The van der Waals surface area contributed by atoms with Crippen LogP contribution in [0.4, 0.5) is 0 Å². The number of carbonyl (C=O) groups is 4. The quantitative estimate of drug-likeness (QED) is 0.329. The molecular weight excluding hydrogens is 735 g/mol. The predicted octanol–water partition coefficient (Wildman–Crippen LogP) is 6.06. The summed E-state index contributed by atoms with van der Waals surface area (Å²) in [6.45, 7) is 8.12. The highest BCUT2D eigenvalue weighted by Gasteiger charge is 2.62. The van der Waals surface area contributed by atoms with Crippen LogP contribution in [0.5, 0.6) is 5.88 Å². The fraction of sp³-hybridized carbons (Fsp3) is 0.698. The summed E-state index contributed by atoms with van der Waals surface area (Å²) in [5.74, 6) is -2.12. The molecule has 2 bridgehead atoms. The Kier molecular flexibility index (Phi) is 11.5. The average molecular weight is 794 g/mol. The van der Waals surface area contributed by atoms with Crippen molar-refractivity contribution < 1.29 is 37.1 Å². The van der Waals surface area contributed by atoms with E-state index in [2.05, 4.69) is 4.72 Å². The van der Waals surface area contributed by atoms with Crippen LogP contribution in [0.2, 0.25) is 0 Å². The van der Waals surface area contributed by atoms with Crippen LogP contribution >= 0.6 is 0 Å². The Morgan fingerprint density at radius 1 is 0.946 bits per heavy atom. The van der Waals surface area contributed by atoms with Crippen molar-refractivity contribution in [1.29, 1.82) is 0 Å². The Morgan fingerprint density at radius 2 is 1.68 bits per heavy atom. The molecule has 13 heteroatoms. The van der Waals surface area contributed by atoms with Gasteiger partial charge in [0.05, 0.1) is 35.6 Å². The largest absolute Gasteiger partial charge is 0.473 e. The molecule has 1 saturated heterocycles. The van der Waals surface area contributed by atoms with Crippen LogP contribution in [0.25, 0.3) is 10.8 Å². The van der Waals surface area contributed by atoms with Gasteiger partial charge in [0.1, 0.15) is 12.2 Å². The second-order valence-corrected chi connectivity index (χ2v) is 20.3. The summed E-state index contributed by atoms with van der Waals surface area (Å²) in [6.07, 6.45) is 8.29. The van der Waals surface area contributed by atoms with Crippen LogP contribution in [-0.4, -0.2) is 71.5 Å². The lowest BCUT2D eigenvalue weighted by Gasteiger charge is -2.35. The molecule has 7 rings (SSSR count).